The molecular formula is C8H7NO2. The minimum absolute atomic E-state index is 0.0235. The third-order valence-corrected chi connectivity index (χ3v) is 1.95. The highest BCUT2D eigenvalue weighted by Gasteiger charge is 2.25. The summed E-state index contributed by atoms with van der Waals surface area (Å²) in [7, 11) is 0. The molecule has 1 heterocycles. The number of allylic oxidation sites excluding steroid dienone is 2. The maximum absolute atomic E-state index is 11.1. The van der Waals surface area contributed by atoms with Crippen LogP contribution in [0.1, 0.15) is 0 Å². The summed E-state index contributed by atoms with van der Waals surface area (Å²) in [6.07, 6.45) is 2.68. The van der Waals surface area contributed by atoms with Gasteiger partial charge in [0, 0.05) is 24.2 Å². The topological polar surface area (TPSA) is 46.2 Å². The van der Waals surface area contributed by atoms with E-state index in [-0.39, 0.29) is 11.6 Å². The Balaban J connectivity index is 2.47. The predicted octanol–water partition coefficient (Wildman–Crippen LogP) is -0.406. The van der Waals surface area contributed by atoms with Crippen molar-refractivity contribution in [2.75, 3.05) is 13.1 Å². The van der Waals surface area contributed by atoms with Gasteiger partial charge in [0.2, 0.25) is 0 Å². The lowest BCUT2D eigenvalue weighted by molar-refractivity contribution is -0.115. The number of nitrogens with one attached hydrogen (secondary N) is 1. The lowest BCUT2D eigenvalue weighted by atomic mass is 9.98. The van der Waals surface area contributed by atoms with Gasteiger partial charge < -0.3 is 5.32 Å². The summed E-state index contributed by atoms with van der Waals surface area (Å²) in [5.74, 6) is -0.0470. The average Bonchev–Trinajstić information content (AvgIpc) is 2.45. The van der Waals surface area contributed by atoms with E-state index in [4.69, 9.17) is 0 Å². The third-order valence-electron chi connectivity index (χ3n) is 1.95. The standard InChI is InChI=1S/C8H7NO2/c10-7-1-2-8(11)6-4-9-3-5(6)7/h1-2,9H,3-4H2. The number of carbonyl (C=O) groups is 2. The molecule has 0 radical (unpaired) electrons. The van der Waals surface area contributed by atoms with Gasteiger partial charge in [-0.3, -0.25) is 9.59 Å². The summed E-state index contributed by atoms with van der Waals surface area (Å²) >= 11 is 0. The molecule has 0 aromatic rings. The van der Waals surface area contributed by atoms with E-state index in [1.807, 2.05) is 0 Å². The largest absolute Gasteiger partial charge is 0.308 e. The van der Waals surface area contributed by atoms with E-state index in [1.165, 1.54) is 12.2 Å². The fraction of sp³-hybridized carbons (Fsp3) is 0.250. The molecule has 3 nitrogen and oxygen atoms in total. The normalized spacial score (nSPS) is 22.9. The Kier molecular flexibility index (Phi) is 1.26. The van der Waals surface area contributed by atoms with Crippen molar-refractivity contribution in [3.05, 3.63) is 23.3 Å². The SMILES string of the molecule is O=C1C=CC(=O)C2=C1CNC2. The first kappa shape index (κ1) is 6.49. The van der Waals surface area contributed by atoms with Crippen molar-refractivity contribution in [3.8, 4) is 0 Å². The Morgan fingerprint density at radius 3 is 1.91 bits per heavy atom. The van der Waals surface area contributed by atoms with Crippen LogP contribution in [-0.4, -0.2) is 24.7 Å². The maximum atomic E-state index is 11.1. The van der Waals surface area contributed by atoms with Crippen LogP contribution in [0.3, 0.4) is 0 Å². The van der Waals surface area contributed by atoms with Crippen molar-refractivity contribution >= 4 is 11.6 Å². The first-order valence-corrected chi connectivity index (χ1v) is 3.48. The van der Waals surface area contributed by atoms with Crippen LogP contribution in [0.25, 0.3) is 0 Å². The summed E-state index contributed by atoms with van der Waals surface area (Å²) in [6, 6.07) is 0. The number of carbonyl (C=O) groups excluding carboxylic acids is 2. The monoisotopic (exact) mass is 149 g/mol. The second-order valence-corrected chi connectivity index (χ2v) is 2.62. The quantitative estimate of drug-likeness (QED) is 0.476. The smallest absolute Gasteiger partial charge is 0.183 e. The summed E-state index contributed by atoms with van der Waals surface area (Å²) < 4.78 is 0. The van der Waals surface area contributed by atoms with Gasteiger partial charge in [0.05, 0.1) is 0 Å². The second-order valence-electron chi connectivity index (χ2n) is 2.62. The molecule has 0 atom stereocenters. The van der Waals surface area contributed by atoms with Crippen molar-refractivity contribution in [1.82, 2.24) is 5.32 Å². The van der Waals surface area contributed by atoms with Gasteiger partial charge in [-0.25, -0.2) is 0 Å². The summed E-state index contributed by atoms with van der Waals surface area (Å²) in [4.78, 5) is 22.2. The molecule has 1 aliphatic heterocycles. The number of hydrogen-bond donors (Lipinski definition) is 1. The highest BCUT2D eigenvalue weighted by atomic mass is 16.1. The molecule has 0 fully saturated rings. The van der Waals surface area contributed by atoms with Gasteiger partial charge in [-0.2, -0.15) is 0 Å². The molecule has 11 heavy (non-hydrogen) atoms. The molecule has 0 saturated heterocycles. The molecule has 56 valence electrons. The van der Waals surface area contributed by atoms with Crippen LogP contribution in [0.2, 0.25) is 0 Å². The summed E-state index contributed by atoms with van der Waals surface area (Å²) in [5.41, 5.74) is 1.30. The van der Waals surface area contributed by atoms with E-state index in [9.17, 15) is 9.59 Å². The van der Waals surface area contributed by atoms with E-state index in [0.717, 1.165) is 0 Å². The van der Waals surface area contributed by atoms with Crippen molar-refractivity contribution in [2.45, 2.75) is 0 Å². The summed E-state index contributed by atoms with van der Waals surface area (Å²) in [6.45, 7) is 1.09. The minimum Gasteiger partial charge on any atom is -0.308 e. The molecule has 0 spiro atoms. The molecule has 0 amide bonds. The van der Waals surface area contributed by atoms with E-state index < -0.39 is 0 Å². The molecule has 3 heteroatoms. The van der Waals surface area contributed by atoms with Gasteiger partial charge in [0.25, 0.3) is 0 Å². The number of ketones is 2. The zero-order chi connectivity index (χ0) is 7.84. The second kappa shape index (κ2) is 2.13. The van der Waals surface area contributed by atoms with Gasteiger partial charge >= 0.3 is 0 Å². The average molecular weight is 149 g/mol. The minimum atomic E-state index is -0.0235. The Morgan fingerprint density at radius 1 is 1.00 bits per heavy atom. The molecule has 0 bridgehead atoms. The molecule has 0 unspecified atom stereocenters. The van der Waals surface area contributed by atoms with Crippen LogP contribution in [0, 0.1) is 0 Å². The van der Waals surface area contributed by atoms with Crippen LogP contribution >= 0.6 is 0 Å². The zero-order valence-corrected chi connectivity index (χ0v) is 5.89. The van der Waals surface area contributed by atoms with Gasteiger partial charge in [-0.15, -0.1) is 0 Å². The van der Waals surface area contributed by atoms with Crippen LogP contribution in [-0.2, 0) is 9.59 Å². The first-order valence-electron chi connectivity index (χ1n) is 3.48. The van der Waals surface area contributed by atoms with Crippen molar-refractivity contribution < 1.29 is 9.59 Å². The van der Waals surface area contributed by atoms with Crippen molar-refractivity contribution in [2.24, 2.45) is 0 Å². The lowest BCUT2D eigenvalue weighted by Gasteiger charge is -2.03. The van der Waals surface area contributed by atoms with Gasteiger partial charge in [-0.05, 0) is 12.2 Å². The van der Waals surface area contributed by atoms with E-state index >= 15 is 0 Å². The number of hydrogen-bond acceptors (Lipinski definition) is 3. The fourth-order valence-corrected chi connectivity index (χ4v) is 1.35. The zero-order valence-electron chi connectivity index (χ0n) is 5.89. The highest BCUT2D eigenvalue weighted by molar-refractivity contribution is 6.21. The van der Waals surface area contributed by atoms with Crippen LogP contribution in [0.4, 0.5) is 0 Å². The number of rotatable bonds is 0. The molecule has 2 aliphatic rings. The van der Waals surface area contributed by atoms with Gasteiger partial charge in [0.1, 0.15) is 0 Å². The van der Waals surface area contributed by atoms with E-state index in [2.05, 4.69) is 5.32 Å². The Morgan fingerprint density at radius 2 is 1.45 bits per heavy atom. The van der Waals surface area contributed by atoms with Gasteiger partial charge in [0.15, 0.2) is 11.6 Å². The summed E-state index contributed by atoms with van der Waals surface area (Å²) in [5, 5.41) is 2.97. The molecular weight excluding hydrogens is 142 g/mol. The molecule has 1 N–H and O–H groups in total. The van der Waals surface area contributed by atoms with E-state index in [1.54, 1.807) is 0 Å². The molecule has 0 aromatic heterocycles. The predicted molar refractivity (Wildman–Crippen MR) is 39.0 cm³/mol. The third kappa shape index (κ3) is 0.851. The van der Waals surface area contributed by atoms with Gasteiger partial charge in [-0.1, -0.05) is 0 Å². The first-order chi connectivity index (χ1) is 5.29. The molecule has 2 rings (SSSR count). The Bertz CT molecular complexity index is 271. The highest BCUT2D eigenvalue weighted by Crippen LogP contribution is 2.16. The van der Waals surface area contributed by atoms with Crippen molar-refractivity contribution in [3.63, 3.8) is 0 Å². The Labute approximate surface area is 63.8 Å². The van der Waals surface area contributed by atoms with Crippen LogP contribution in [0.15, 0.2) is 23.3 Å². The molecule has 1 aliphatic carbocycles. The maximum Gasteiger partial charge on any atom is 0.183 e. The van der Waals surface area contributed by atoms with Crippen LogP contribution < -0.4 is 5.32 Å². The Hall–Kier alpha value is -1.22. The molecule has 0 saturated carbocycles. The van der Waals surface area contributed by atoms with Crippen molar-refractivity contribution in [1.29, 1.82) is 0 Å². The van der Waals surface area contributed by atoms with E-state index in [0.29, 0.717) is 24.2 Å². The lowest BCUT2D eigenvalue weighted by Crippen LogP contribution is -2.12. The fourth-order valence-electron chi connectivity index (χ4n) is 1.35. The molecule has 0 aromatic carbocycles. The van der Waals surface area contributed by atoms with Crippen LogP contribution in [0.5, 0.6) is 0 Å².